The third-order valence-electron chi connectivity index (χ3n) is 6.06. The zero-order valence-corrected chi connectivity index (χ0v) is 17.9. The smallest absolute Gasteiger partial charge is 0.341 e. The van der Waals surface area contributed by atoms with E-state index in [2.05, 4.69) is 4.98 Å². The minimum atomic E-state index is -1.41. The summed E-state index contributed by atoms with van der Waals surface area (Å²) >= 11 is 1.41. The number of hydrogen-bond donors (Lipinski definition) is 1. The molecule has 10 heteroatoms. The number of aromatic nitrogens is 2. The Balaban J connectivity index is 1.33. The minimum Gasteiger partial charge on any atom is -0.477 e. The average molecular weight is 469 g/mol. The molecule has 4 aromatic rings. The number of benzene rings is 2. The van der Waals surface area contributed by atoms with Gasteiger partial charge in [0, 0.05) is 30.6 Å². The van der Waals surface area contributed by atoms with Gasteiger partial charge in [-0.1, -0.05) is 23.9 Å². The van der Waals surface area contributed by atoms with E-state index in [4.69, 9.17) is 4.42 Å². The largest absolute Gasteiger partial charge is 0.477 e. The SMILES string of the molecule is O=C(O)c1cn(C2CC2)c2c(F)c(N3CC(Sc4nc5ccccc5o4)C3)c(F)cc2c1=O. The number of rotatable bonds is 5. The molecule has 0 radical (unpaired) electrons. The van der Waals surface area contributed by atoms with Crippen molar-refractivity contribution in [2.45, 2.75) is 29.4 Å². The Morgan fingerprint density at radius 2 is 1.97 bits per heavy atom. The van der Waals surface area contributed by atoms with Gasteiger partial charge in [-0.25, -0.2) is 18.6 Å². The Morgan fingerprint density at radius 3 is 2.67 bits per heavy atom. The van der Waals surface area contributed by atoms with Gasteiger partial charge in [0.15, 0.2) is 11.4 Å². The van der Waals surface area contributed by atoms with E-state index in [0.717, 1.165) is 24.4 Å². The molecule has 2 fully saturated rings. The standard InChI is InChI=1S/C23H17F2N3O4S/c24-15-7-13-19(28(11-5-6-11)10-14(21(13)29)22(30)31)18(25)20(15)27-8-12(9-27)33-23-26-16-3-1-2-4-17(16)32-23/h1-4,7,10-12H,5-6,8-9H2,(H,30,31). The van der Waals surface area contributed by atoms with Gasteiger partial charge in [-0.05, 0) is 31.0 Å². The highest BCUT2D eigenvalue weighted by molar-refractivity contribution is 7.99. The summed E-state index contributed by atoms with van der Waals surface area (Å²) in [5, 5.41) is 9.64. The number of aromatic carboxylic acids is 1. The number of nitrogens with zero attached hydrogens (tertiary/aromatic N) is 3. The number of carbonyl (C=O) groups is 1. The van der Waals surface area contributed by atoms with Crippen LogP contribution in [0.2, 0.25) is 0 Å². The molecule has 0 bridgehead atoms. The van der Waals surface area contributed by atoms with Crippen LogP contribution in [0.15, 0.2) is 51.0 Å². The second-order valence-corrected chi connectivity index (χ2v) is 9.58. The fourth-order valence-corrected chi connectivity index (χ4v) is 5.34. The number of carboxylic acid groups (broad SMARTS) is 1. The number of thioether (sulfide) groups is 1. The highest BCUT2D eigenvalue weighted by Crippen LogP contribution is 2.41. The van der Waals surface area contributed by atoms with Crippen LogP contribution in [0.3, 0.4) is 0 Å². The Hall–Kier alpha value is -3.40. The lowest BCUT2D eigenvalue weighted by Crippen LogP contribution is -2.50. The van der Waals surface area contributed by atoms with Gasteiger partial charge in [0.05, 0.1) is 10.9 Å². The maximum absolute atomic E-state index is 15.6. The predicted octanol–water partition coefficient (Wildman–Crippen LogP) is 4.43. The number of oxazole rings is 1. The molecule has 168 valence electrons. The summed E-state index contributed by atoms with van der Waals surface area (Å²) in [6, 6.07) is 8.27. The van der Waals surface area contributed by atoms with Crippen molar-refractivity contribution in [2.75, 3.05) is 18.0 Å². The Bertz CT molecular complexity index is 1470. The van der Waals surface area contributed by atoms with Gasteiger partial charge < -0.3 is 19.0 Å². The van der Waals surface area contributed by atoms with Crippen molar-refractivity contribution >= 4 is 45.4 Å². The van der Waals surface area contributed by atoms with E-state index in [1.807, 2.05) is 24.3 Å². The molecule has 1 saturated carbocycles. The zero-order valence-electron chi connectivity index (χ0n) is 17.1. The quantitative estimate of drug-likeness (QED) is 0.462. The monoisotopic (exact) mass is 469 g/mol. The summed E-state index contributed by atoms with van der Waals surface area (Å²) in [4.78, 5) is 30.1. The van der Waals surface area contributed by atoms with E-state index >= 15 is 4.39 Å². The molecule has 0 atom stereocenters. The first kappa shape index (κ1) is 20.2. The van der Waals surface area contributed by atoms with Crippen LogP contribution in [0.5, 0.6) is 0 Å². The molecule has 1 saturated heterocycles. The normalized spacial score (nSPS) is 16.5. The van der Waals surface area contributed by atoms with Gasteiger partial charge in [-0.3, -0.25) is 4.79 Å². The van der Waals surface area contributed by atoms with Crippen molar-refractivity contribution in [3.63, 3.8) is 0 Å². The highest BCUT2D eigenvalue weighted by Gasteiger charge is 2.36. The third kappa shape index (κ3) is 3.28. The number of fused-ring (bicyclic) bond motifs is 2. The van der Waals surface area contributed by atoms with Crippen LogP contribution >= 0.6 is 11.8 Å². The van der Waals surface area contributed by atoms with E-state index in [1.165, 1.54) is 22.5 Å². The molecular weight excluding hydrogens is 452 g/mol. The summed E-state index contributed by atoms with van der Waals surface area (Å²) in [5.74, 6) is -3.13. The minimum absolute atomic E-state index is 0.0348. The van der Waals surface area contributed by atoms with Crippen molar-refractivity contribution in [3.05, 3.63) is 63.9 Å². The van der Waals surface area contributed by atoms with E-state index in [1.54, 1.807) is 4.90 Å². The maximum Gasteiger partial charge on any atom is 0.341 e. The lowest BCUT2D eigenvalue weighted by atomic mass is 10.1. The van der Waals surface area contributed by atoms with Crippen LogP contribution in [0.1, 0.15) is 29.2 Å². The van der Waals surface area contributed by atoms with Crippen LogP contribution in [0, 0.1) is 11.6 Å². The third-order valence-corrected chi connectivity index (χ3v) is 7.07. The summed E-state index contributed by atoms with van der Waals surface area (Å²) in [7, 11) is 0. The fraction of sp³-hybridized carbons (Fsp3) is 0.261. The Morgan fingerprint density at radius 1 is 1.21 bits per heavy atom. The summed E-state index contributed by atoms with van der Waals surface area (Å²) in [5.41, 5.74) is -0.178. The average Bonchev–Trinajstić information content (AvgIpc) is 3.51. The molecule has 1 N–H and O–H groups in total. The molecular formula is C23H17F2N3O4S. The highest BCUT2D eigenvalue weighted by atomic mass is 32.2. The van der Waals surface area contributed by atoms with Crippen LogP contribution in [-0.4, -0.2) is 39.0 Å². The van der Waals surface area contributed by atoms with Crippen LogP contribution in [0.25, 0.3) is 22.0 Å². The van der Waals surface area contributed by atoms with Crippen LogP contribution in [0.4, 0.5) is 14.5 Å². The van der Waals surface area contributed by atoms with Crippen LogP contribution in [-0.2, 0) is 0 Å². The lowest BCUT2D eigenvalue weighted by molar-refractivity contribution is 0.0694. The molecule has 2 aromatic carbocycles. The number of carboxylic acids is 1. The maximum atomic E-state index is 15.6. The number of hydrogen-bond acceptors (Lipinski definition) is 6. The van der Waals surface area contributed by atoms with E-state index in [-0.39, 0.29) is 27.9 Å². The van der Waals surface area contributed by atoms with Crippen molar-refractivity contribution in [3.8, 4) is 0 Å². The topological polar surface area (TPSA) is 88.6 Å². The fourth-order valence-electron chi connectivity index (χ4n) is 4.25. The van der Waals surface area contributed by atoms with Crippen molar-refractivity contribution < 1.29 is 23.1 Å². The van der Waals surface area contributed by atoms with Gasteiger partial charge in [0.2, 0.25) is 5.43 Å². The molecule has 33 heavy (non-hydrogen) atoms. The molecule has 0 unspecified atom stereocenters. The molecule has 2 aromatic heterocycles. The number of halogens is 2. The second kappa shape index (κ2) is 7.31. The molecule has 7 nitrogen and oxygen atoms in total. The second-order valence-electron chi connectivity index (χ2n) is 8.32. The molecule has 0 spiro atoms. The molecule has 1 aliphatic carbocycles. The zero-order chi connectivity index (χ0) is 22.9. The van der Waals surface area contributed by atoms with Gasteiger partial charge in [-0.2, -0.15) is 0 Å². The van der Waals surface area contributed by atoms with E-state index in [0.29, 0.717) is 23.9 Å². The molecule has 3 heterocycles. The Labute approximate surface area is 189 Å². The van der Waals surface area contributed by atoms with E-state index in [9.17, 15) is 19.1 Å². The van der Waals surface area contributed by atoms with Crippen molar-refractivity contribution in [1.29, 1.82) is 0 Å². The number of para-hydroxylation sites is 2. The lowest BCUT2D eigenvalue weighted by Gasteiger charge is -2.40. The molecule has 6 rings (SSSR count). The number of pyridine rings is 1. The van der Waals surface area contributed by atoms with Gasteiger partial charge >= 0.3 is 5.97 Å². The van der Waals surface area contributed by atoms with Crippen molar-refractivity contribution in [1.82, 2.24) is 9.55 Å². The van der Waals surface area contributed by atoms with Crippen LogP contribution < -0.4 is 10.3 Å². The first-order chi connectivity index (χ1) is 15.9. The Kier molecular flexibility index (Phi) is 4.48. The number of anilines is 1. The summed E-state index contributed by atoms with van der Waals surface area (Å²) in [6.07, 6.45) is 2.67. The summed E-state index contributed by atoms with van der Waals surface area (Å²) in [6.45, 7) is 0.757. The van der Waals surface area contributed by atoms with E-state index < -0.39 is 28.6 Å². The van der Waals surface area contributed by atoms with Gasteiger partial charge in [0.1, 0.15) is 22.6 Å². The molecule has 1 aliphatic heterocycles. The van der Waals surface area contributed by atoms with Gasteiger partial charge in [0.25, 0.3) is 5.22 Å². The molecule has 2 aliphatic rings. The molecule has 0 amide bonds. The predicted molar refractivity (Wildman–Crippen MR) is 119 cm³/mol. The first-order valence-corrected chi connectivity index (χ1v) is 11.4. The van der Waals surface area contributed by atoms with Crippen molar-refractivity contribution in [2.24, 2.45) is 0 Å². The first-order valence-electron chi connectivity index (χ1n) is 10.5. The van der Waals surface area contributed by atoms with Gasteiger partial charge in [-0.15, -0.1) is 0 Å². The summed E-state index contributed by atoms with van der Waals surface area (Å²) < 4.78 is 37.8.